The van der Waals surface area contributed by atoms with Gasteiger partial charge in [-0.2, -0.15) is 0 Å². The molecule has 0 bridgehead atoms. The van der Waals surface area contributed by atoms with Crippen molar-refractivity contribution < 1.29 is 4.52 Å². The molecular formula is C21H19N3O. The Hall–Kier alpha value is -3.14. The van der Waals surface area contributed by atoms with Crippen molar-refractivity contribution in [3.63, 3.8) is 0 Å². The molecule has 2 heterocycles. The zero-order valence-electron chi connectivity index (χ0n) is 14.3. The molecule has 0 aliphatic rings. The lowest BCUT2D eigenvalue weighted by atomic mass is 10.0. The van der Waals surface area contributed by atoms with Crippen LogP contribution in [0, 0.1) is 13.8 Å². The molecule has 4 aromatic rings. The van der Waals surface area contributed by atoms with E-state index >= 15 is 0 Å². The summed E-state index contributed by atoms with van der Waals surface area (Å²) in [5, 5.41) is 4.12. The smallest absolute Gasteiger partial charge is 0.133 e. The van der Waals surface area contributed by atoms with Gasteiger partial charge in [-0.25, -0.2) is 4.98 Å². The molecule has 0 spiro atoms. The molecule has 0 saturated carbocycles. The maximum atomic E-state index is 5.21. The fourth-order valence-electron chi connectivity index (χ4n) is 3.07. The first-order chi connectivity index (χ1) is 12.2. The zero-order valence-corrected chi connectivity index (χ0v) is 14.3. The Morgan fingerprint density at radius 2 is 1.72 bits per heavy atom. The highest BCUT2D eigenvalue weighted by atomic mass is 16.5. The first kappa shape index (κ1) is 15.4. The standard InChI is InChI=1S/C21H19N3O/c1-15-7-6-10-18(11-15)21-20(17-8-4-3-5-9-17)22-14-24(21)13-19-12-16(2)25-23-19/h3-12,14H,13H2,1-2H3. The van der Waals surface area contributed by atoms with E-state index in [0.29, 0.717) is 6.54 Å². The van der Waals surface area contributed by atoms with Crippen LogP contribution in [0.15, 0.2) is 71.5 Å². The summed E-state index contributed by atoms with van der Waals surface area (Å²) < 4.78 is 7.34. The molecule has 124 valence electrons. The molecule has 0 N–H and O–H groups in total. The molecule has 0 saturated heterocycles. The van der Waals surface area contributed by atoms with Gasteiger partial charge in [-0.3, -0.25) is 0 Å². The van der Waals surface area contributed by atoms with Crippen molar-refractivity contribution in [2.45, 2.75) is 20.4 Å². The third-order valence-electron chi connectivity index (χ3n) is 4.19. The normalized spacial score (nSPS) is 11.0. The van der Waals surface area contributed by atoms with Crippen LogP contribution in [-0.2, 0) is 6.54 Å². The Bertz CT molecular complexity index is 999. The molecule has 4 nitrogen and oxygen atoms in total. The number of imidazole rings is 1. The van der Waals surface area contributed by atoms with Crippen LogP contribution in [0.1, 0.15) is 17.0 Å². The van der Waals surface area contributed by atoms with Crippen LogP contribution in [0.5, 0.6) is 0 Å². The molecule has 4 rings (SSSR count). The molecule has 0 fully saturated rings. The molecule has 2 aromatic carbocycles. The third-order valence-corrected chi connectivity index (χ3v) is 4.19. The minimum Gasteiger partial charge on any atom is -0.361 e. The van der Waals surface area contributed by atoms with Gasteiger partial charge in [0.2, 0.25) is 0 Å². The molecule has 25 heavy (non-hydrogen) atoms. The summed E-state index contributed by atoms with van der Waals surface area (Å²) in [4.78, 5) is 4.70. The third kappa shape index (κ3) is 3.11. The first-order valence-electron chi connectivity index (χ1n) is 8.30. The van der Waals surface area contributed by atoms with Crippen LogP contribution in [0.4, 0.5) is 0 Å². The number of benzene rings is 2. The summed E-state index contributed by atoms with van der Waals surface area (Å²) in [7, 11) is 0. The predicted octanol–water partition coefficient (Wildman–Crippen LogP) is 4.87. The molecule has 0 unspecified atom stereocenters. The monoisotopic (exact) mass is 329 g/mol. The number of nitrogens with zero attached hydrogens (tertiary/aromatic N) is 3. The van der Waals surface area contributed by atoms with Gasteiger partial charge < -0.3 is 9.09 Å². The first-order valence-corrected chi connectivity index (χ1v) is 8.30. The summed E-state index contributed by atoms with van der Waals surface area (Å²) in [6.07, 6.45) is 1.88. The Balaban J connectivity index is 1.85. The van der Waals surface area contributed by atoms with Crippen LogP contribution in [0.2, 0.25) is 0 Å². The topological polar surface area (TPSA) is 43.9 Å². The fraction of sp³-hybridized carbons (Fsp3) is 0.143. The maximum Gasteiger partial charge on any atom is 0.133 e. The summed E-state index contributed by atoms with van der Waals surface area (Å²) in [5.74, 6) is 0.815. The number of aryl methyl sites for hydroxylation is 2. The number of hydrogen-bond acceptors (Lipinski definition) is 3. The van der Waals surface area contributed by atoms with E-state index in [1.54, 1.807) is 0 Å². The number of aromatic nitrogens is 3. The lowest BCUT2D eigenvalue weighted by Crippen LogP contribution is -2.01. The summed E-state index contributed by atoms with van der Waals surface area (Å²) in [5.41, 5.74) is 6.44. The maximum absolute atomic E-state index is 5.21. The summed E-state index contributed by atoms with van der Waals surface area (Å²) in [6, 6.07) is 20.7. The lowest BCUT2D eigenvalue weighted by Gasteiger charge is -2.10. The van der Waals surface area contributed by atoms with Crippen molar-refractivity contribution in [3.8, 4) is 22.5 Å². The highest BCUT2D eigenvalue weighted by Crippen LogP contribution is 2.32. The second-order valence-corrected chi connectivity index (χ2v) is 6.23. The van der Waals surface area contributed by atoms with Gasteiger partial charge in [0.25, 0.3) is 0 Å². The van der Waals surface area contributed by atoms with Crippen LogP contribution in [-0.4, -0.2) is 14.7 Å². The van der Waals surface area contributed by atoms with Crippen LogP contribution in [0.3, 0.4) is 0 Å². The molecule has 0 aliphatic heterocycles. The SMILES string of the molecule is Cc1cccc(-c2c(-c3ccccc3)ncn2Cc2cc(C)on2)c1. The van der Waals surface area contributed by atoms with Crippen LogP contribution < -0.4 is 0 Å². The van der Waals surface area contributed by atoms with Gasteiger partial charge in [0.15, 0.2) is 0 Å². The Kier molecular flexibility index (Phi) is 3.94. The lowest BCUT2D eigenvalue weighted by molar-refractivity contribution is 0.389. The van der Waals surface area contributed by atoms with Crippen LogP contribution >= 0.6 is 0 Å². The second-order valence-electron chi connectivity index (χ2n) is 6.23. The van der Waals surface area contributed by atoms with E-state index < -0.39 is 0 Å². The van der Waals surface area contributed by atoms with E-state index in [1.807, 2.05) is 37.5 Å². The minimum atomic E-state index is 0.625. The number of hydrogen-bond donors (Lipinski definition) is 0. The molecule has 0 aliphatic carbocycles. The van der Waals surface area contributed by atoms with Crippen molar-refractivity contribution in [3.05, 3.63) is 84.0 Å². The van der Waals surface area contributed by atoms with Gasteiger partial charge in [0, 0.05) is 17.2 Å². The van der Waals surface area contributed by atoms with Crippen molar-refractivity contribution in [1.82, 2.24) is 14.7 Å². The van der Waals surface area contributed by atoms with Gasteiger partial charge >= 0.3 is 0 Å². The summed E-state index contributed by atoms with van der Waals surface area (Å²) >= 11 is 0. The molecular weight excluding hydrogens is 310 g/mol. The molecule has 0 amide bonds. The van der Waals surface area contributed by atoms with E-state index in [2.05, 4.69) is 53.0 Å². The van der Waals surface area contributed by atoms with Gasteiger partial charge in [-0.15, -0.1) is 0 Å². The molecule has 0 radical (unpaired) electrons. The highest BCUT2D eigenvalue weighted by Gasteiger charge is 2.16. The quantitative estimate of drug-likeness (QED) is 0.536. The Morgan fingerprint density at radius 1 is 0.920 bits per heavy atom. The summed E-state index contributed by atoms with van der Waals surface area (Å²) in [6.45, 7) is 4.63. The highest BCUT2D eigenvalue weighted by molar-refractivity contribution is 5.78. The van der Waals surface area contributed by atoms with Crippen LogP contribution in [0.25, 0.3) is 22.5 Å². The van der Waals surface area contributed by atoms with Crippen molar-refractivity contribution in [1.29, 1.82) is 0 Å². The minimum absolute atomic E-state index is 0.625. The van der Waals surface area contributed by atoms with Crippen molar-refractivity contribution in [2.24, 2.45) is 0 Å². The zero-order chi connectivity index (χ0) is 17.2. The largest absolute Gasteiger partial charge is 0.361 e. The molecule has 4 heteroatoms. The van der Waals surface area contributed by atoms with Gasteiger partial charge in [-0.1, -0.05) is 59.3 Å². The van der Waals surface area contributed by atoms with E-state index in [-0.39, 0.29) is 0 Å². The predicted molar refractivity (Wildman–Crippen MR) is 98.2 cm³/mol. The Morgan fingerprint density at radius 3 is 2.44 bits per heavy atom. The van der Waals surface area contributed by atoms with E-state index in [9.17, 15) is 0 Å². The molecule has 2 aromatic heterocycles. The molecule has 0 atom stereocenters. The Labute approximate surface area is 146 Å². The average Bonchev–Trinajstić information content (AvgIpc) is 3.22. The number of rotatable bonds is 4. The van der Waals surface area contributed by atoms with E-state index in [1.165, 1.54) is 5.56 Å². The van der Waals surface area contributed by atoms with E-state index in [0.717, 1.165) is 34.0 Å². The second kappa shape index (κ2) is 6.40. The fourth-order valence-corrected chi connectivity index (χ4v) is 3.07. The van der Waals surface area contributed by atoms with Crippen molar-refractivity contribution >= 4 is 0 Å². The van der Waals surface area contributed by atoms with Gasteiger partial charge in [-0.05, 0) is 19.9 Å². The van der Waals surface area contributed by atoms with Gasteiger partial charge in [0.05, 0.1) is 24.3 Å². The van der Waals surface area contributed by atoms with Crippen molar-refractivity contribution in [2.75, 3.05) is 0 Å². The average molecular weight is 329 g/mol. The van der Waals surface area contributed by atoms with E-state index in [4.69, 9.17) is 9.51 Å². The van der Waals surface area contributed by atoms with Gasteiger partial charge in [0.1, 0.15) is 11.5 Å².